The zero-order valence-corrected chi connectivity index (χ0v) is 15.6. The van der Waals surface area contributed by atoms with E-state index in [1.807, 2.05) is 0 Å². The lowest BCUT2D eigenvalue weighted by molar-refractivity contribution is -0.144. The summed E-state index contributed by atoms with van der Waals surface area (Å²) < 4.78 is -0.446. The van der Waals surface area contributed by atoms with Gasteiger partial charge in [0.2, 0.25) is 0 Å². The monoisotopic (exact) mass is 397 g/mol. The van der Waals surface area contributed by atoms with E-state index in [1.165, 1.54) is 11.8 Å². The van der Waals surface area contributed by atoms with Crippen LogP contribution in [0.5, 0.6) is 0 Å². The maximum Gasteiger partial charge on any atom is 0.360 e. The maximum atomic E-state index is 13.6. The molecular formula is C20H17N2O5S+. The van der Waals surface area contributed by atoms with Crippen molar-refractivity contribution in [3.63, 3.8) is 0 Å². The summed E-state index contributed by atoms with van der Waals surface area (Å²) in [4.78, 5) is 51.8. The van der Waals surface area contributed by atoms with E-state index < -0.39 is 40.8 Å². The van der Waals surface area contributed by atoms with Crippen LogP contribution in [0.25, 0.3) is 0 Å². The van der Waals surface area contributed by atoms with Gasteiger partial charge in [-0.15, -0.1) is 0 Å². The molecule has 4 rings (SSSR count). The predicted molar refractivity (Wildman–Crippen MR) is 104 cm³/mol. The van der Waals surface area contributed by atoms with E-state index >= 15 is 0 Å². The minimum atomic E-state index is -1.12. The molecule has 28 heavy (non-hydrogen) atoms. The molecule has 2 atom stereocenters. The number of rotatable bonds is 4. The highest BCUT2D eigenvalue weighted by molar-refractivity contribution is 7.99. The Morgan fingerprint density at radius 3 is 2.14 bits per heavy atom. The second kappa shape index (κ2) is 6.88. The molecule has 2 aliphatic rings. The second-order valence-corrected chi connectivity index (χ2v) is 7.73. The zero-order chi connectivity index (χ0) is 19.9. The van der Waals surface area contributed by atoms with Gasteiger partial charge >= 0.3 is 11.9 Å². The molecule has 2 aromatic rings. The quantitative estimate of drug-likeness (QED) is 0.627. The number of carbonyl (C=O) groups excluding carboxylic acids is 3. The molecule has 1 saturated heterocycles. The fraction of sp³-hybridized carbons (Fsp3) is 0.200. The van der Waals surface area contributed by atoms with Gasteiger partial charge in [0.25, 0.3) is 11.8 Å². The molecule has 0 aliphatic carbocycles. The van der Waals surface area contributed by atoms with Crippen LogP contribution in [0.4, 0.5) is 5.69 Å². The van der Waals surface area contributed by atoms with Crippen LogP contribution >= 0.6 is 11.8 Å². The number of fused-ring (bicyclic) bond motifs is 1. The maximum absolute atomic E-state index is 13.6. The highest BCUT2D eigenvalue weighted by Crippen LogP contribution is 2.36. The number of hydrogen-bond acceptors (Lipinski definition) is 5. The van der Waals surface area contributed by atoms with Crippen LogP contribution in [-0.2, 0) is 9.59 Å². The van der Waals surface area contributed by atoms with Gasteiger partial charge in [-0.3, -0.25) is 14.5 Å². The third-order valence-corrected chi connectivity index (χ3v) is 6.26. The van der Waals surface area contributed by atoms with Crippen molar-refractivity contribution in [1.29, 1.82) is 0 Å². The molecule has 1 N–H and O–H groups in total. The minimum absolute atomic E-state index is 0.231. The second-order valence-electron chi connectivity index (χ2n) is 6.74. The van der Waals surface area contributed by atoms with Crippen molar-refractivity contribution in [3.8, 4) is 0 Å². The van der Waals surface area contributed by atoms with Gasteiger partial charge in [-0.1, -0.05) is 42.1 Å². The van der Waals surface area contributed by atoms with Crippen molar-refractivity contribution in [2.24, 2.45) is 0 Å². The molecule has 8 heteroatoms. The summed E-state index contributed by atoms with van der Waals surface area (Å²) in [7, 11) is 0. The number of amides is 3. The summed E-state index contributed by atoms with van der Waals surface area (Å²) in [5.41, 5.74) is 1.07. The van der Waals surface area contributed by atoms with E-state index in [0.29, 0.717) is 5.69 Å². The number of imide groups is 1. The molecule has 7 nitrogen and oxygen atoms in total. The largest absolute Gasteiger partial charge is 0.477 e. The van der Waals surface area contributed by atoms with Crippen LogP contribution in [-0.4, -0.2) is 57.9 Å². The third kappa shape index (κ3) is 2.73. The number of aliphatic carboxylic acids is 1. The molecule has 2 unspecified atom stereocenters. The smallest absolute Gasteiger partial charge is 0.360 e. The molecule has 0 saturated carbocycles. The first-order valence-corrected chi connectivity index (χ1v) is 9.85. The van der Waals surface area contributed by atoms with Gasteiger partial charge in [0, 0.05) is 5.75 Å². The number of carboxylic acid groups (broad SMARTS) is 1. The average Bonchev–Trinajstić information content (AvgIpc) is 2.95. The fourth-order valence-electron chi connectivity index (χ4n) is 3.78. The first kappa shape index (κ1) is 18.4. The zero-order valence-electron chi connectivity index (χ0n) is 14.8. The van der Waals surface area contributed by atoms with Gasteiger partial charge in [-0.05, 0) is 24.3 Å². The molecule has 3 amide bonds. The predicted octanol–water partition coefficient (Wildman–Crippen LogP) is 1.97. The lowest BCUT2D eigenvalue weighted by Crippen LogP contribution is -2.67. The summed E-state index contributed by atoms with van der Waals surface area (Å²) in [6, 6.07) is 14.1. The Balaban J connectivity index is 1.76. The number of para-hydroxylation sites is 1. The summed E-state index contributed by atoms with van der Waals surface area (Å²) in [5, 5.41) is 9.48. The Labute approximate surface area is 165 Å². The van der Waals surface area contributed by atoms with Crippen molar-refractivity contribution in [2.45, 2.75) is 6.04 Å². The Bertz CT molecular complexity index is 958. The van der Waals surface area contributed by atoms with Gasteiger partial charge in [0.1, 0.15) is 11.6 Å². The van der Waals surface area contributed by atoms with Crippen LogP contribution in [0.1, 0.15) is 20.7 Å². The topological polar surface area (TPSA) is 91.8 Å². The molecular weight excluding hydrogens is 380 g/mol. The minimum Gasteiger partial charge on any atom is -0.477 e. The molecule has 2 aromatic carbocycles. The number of quaternary nitrogens is 1. The van der Waals surface area contributed by atoms with Crippen LogP contribution in [0.15, 0.2) is 54.6 Å². The van der Waals surface area contributed by atoms with Crippen molar-refractivity contribution >= 4 is 41.1 Å². The molecule has 2 heterocycles. The number of carbonyl (C=O) groups is 4. The normalized spacial score (nSPS) is 24.4. The third-order valence-electron chi connectivity index (χ3n) is 5.09. The first-order valence-electron chi connectivity index (χ1n) is 8.69. The van der Waals surface area contributed by atoms with E-state index in [1.54, 1.807) is 54.6 Å². The lowest BCUT2D eigenvalue weighted by atomic mass is 10.1. The standard InChI is InChI=1S/C20H16N2O5S/c23-17(24)10-22(13-6-2-1-3-7-13)12-28-11-16(20(22)27)21-18(25)14-8-4-5-9-15(14)19(21)26/h1-9,16H,10-12H2/p+1. The molecule has 2 aliphatic heterocycles. The number of carboxylic acids is 1. The molecule has 142 valence electrons. The molecule has 0 aromatic heterocycles. The highest BCUT2D eigenvalue weighted by atomic mass is 32.2. The number of thioether (sulfide) groups is 1. The van der Waals surface area contributed by atoms with Crippen molar-refractivity contribution in [2.75, 3.05) is 18.2 Å². The first-order chi connectivity index (χ1) is 13.5. The number of benzene rings is 2. The van der Waals surface area contributed by atoms with Crippen molar-refractivity contribution < 1.29 is 24.3 Å². The summed E-state index contributed by atoms with van der Waals surface area (Å²) >= 11 is 1.36. The Morgan fingerprint density at radius 1 is 1.00 bits per heavy atom. The summed E-state index contributed by atoms with van der Waals surface area (Å²) in [6.07, 6.45) is 0. The Hall–Kier alpha value is -2.97. The van der Waals surface area contributed by atoms with Gasteiger partial charge < -0.3 is 5.11 Å². The number of nitrogens with zero attached hydrogens (tertiary/aromatic N) is 2. The van der Waals surface area contributed by atoms with Crippen LogP contribution < -0.4 is 4.48 Å². The SMILES string of the molecule is O=C(O)C[N+]1(c2ccccc2)CSCC(N2C(=O)c3ccccc3C2=O)C1=O. The van der Waals surface area contributed by atoms with Gasteiger partial charge in [0.05, 0.1) is 11.1 Å². The van der Waals surface area contributed by atoms with E-state index in [-0.39, 0.29) is 22.8 Å². The van der Waals surface area contributed by atoms with E-state index in [0.717, 1.165) is 4.90 Å². The van der Waals surface area contributed by atoms with Crippen molar-refractivity contribution in [1.82, 2.24) is 9.38 Å². The van der Waals surface area contributed by atoms with E-state index in [9.17, 15) is 24.3 Å². The Kier molecular flexibility index (Phi) is 4.52. The molecule has 1 fully saturated rings. The van der Waals surface area contributed by atoms with Crippen LogP contribution in [0.2, 0.25) is 0 Å². The summed E-state index contributed by atoms with van der Waals surface area (Å²) in [5.74, 6) is -2.13. The van der Waals surface area contributed by atoms with Gasteiger partial charge in [-0.2, -0.15) is 0 Å². The molecule has 0 radical (unpaired) electrons. The van der Waals surface area contributed by atoms with E-state index in [4.69, 9.17) is 0 Å². The average molecular weight is 397 g/mol. The Morgan fingerprint density at radius 2 is 1.57 bits per heavy atom. The van der Waals surface area contributed by atoms with Crippen molar-refractivity contribution in [3.05, 3.63) is 65.7 Å². The molecule has 0 bridgehead atoms. The van der Waals surface area contributed by atoms with Crippen LogP contribution in [0.3, 0.4) is 0 Å². The molecule has 0 spiro atoms. The summed E-state index contributed by atoms with van der Waals surface area (Å²) in [6.45, 7) is -0.449. The highest BCUT2D eigenvalue weighted by Gasteiger charge is 2.54. The fourth-order valence-corrected chi connectivity index (χ4v) is 5.08. The van der Waals surface area contributed by atoms with Crippen LogP contribution in [0, 0.1) is 0 Å². The lowest BCUT2D eigenvalue weighted by Gasteiger charge is -2.41. The number of hydrogen-bond donors (Lipinski definition) is 1. The van der Waals surface area contributed by atoms with E-state index in [2.05, 4.69) is 0 Å². The van der Waals surface area contributed by atoms with Gasteiger partial charge in [0.15, 0.2) is 12.6 Å². The van der Waals surface area contributed by atoms with Gasteiger partial charge in [-0.25, -0.2) is 14.1 Å².